The number of rotatable bonds is 3. The van der Waals surface area contributed by atoms with E-state index in [2.05, 4.69) is 0 Å². The first-order valence-corrected chi connectivity index (χ1v) is 8.42. The van der Waals surface area contributed by atoms with Gasteiger partial charge in [0.25, 0.3) is 0 Å². The second kappa shape index (κ2) is 6.57. The van der Waals surface area contributed by atoms with Crippen molar-refractivity contribution in [2.24, 2.45) is 0 Å². The van der Waals surface area contributed by atoms with E-state index in [1.807, 2.05) is 12.1 Å². The summed E-state index contributed by atoms with van der Waals surface area (Å²) in [5.74, 6) is -3.37. The number of esters is 1. The fourth-order valence-electron chi connectivity index (χ4n) is 3.29. The highest BCUT2D eigenvalue weighted by Crippen LogP contribution is 2.45. The average molecular weight is 351 g/mol. The van der Waals surface area contributed by atoms with E-state index in [0.29, 0.717) is 17.9 Å². The van der Waals surface area contributed by atoms with E-state index in [-0.39, 0.29) is 30.5 Å². The fourth-order valence-corrected chi connectivity index (χ4v) is 3.42. The molecule has 0 saturated carbocycles. The number of hydrogen-bond acceptors (Lipinski definition) is 5. The molecule has 1 N–H and O–H groups in total. The number of carbonyl (C=O) groups is 2. The molecule has 128 valence electrons. The molecule has 0 amide bonds. The summed E-state index contributed by atoms with van der Waals surface area (Å²) >= 11 is 5.94. The van der Waals surface area contributed by atoms with Crippen molar-refractivity contribution in [3.8, 4) is 0 Å². The summed E-state index contributed by atoms with van der Waals surface area (Å²) in [6, 6.07) is 7.18. The van der Waals surface area contributed by atoms with Crippen molar-refractivity contribution >= 4 is 23.4 Å². The van der Waals surface area contributed by atoms with Gasteiger partial charge in [0.1, 0.15) is 0 Å². The third-order valence-electron chi connectivity index (χ3n) is 4.43. The Bertz CT molecular complexity index is 694. The molecular formula is C18H19ClO5. The van der Waals surface area contributed by atoms with Gasteiger partial charge in [-0.2, -0.15) is 0 Å². The summed E-state index contributed by atoms with van der Waals surface area (Å²) in [6.07, 6.45) is 1.81. The van der Waals surface area contributed by atoms with E-state index >= 15 is 0 Å². The second-order valence-corrected chi connectivity index (χ2v) is 6.48. The number of halogens is 1. The second-order valence-electron chi connectivity index (χ2n) is 6.05. The lowest BCUT2D eigenvalue weighted by Gasteiger charge is -2.39. The summed E-state index contributed by atoms with van der Waals surface area (Å²) in [6.45, 7) is 1.77. The number of benzene rings is 1. The molecule has 5 nitrogen and oxygen atoms in total. The van der Waals surface area contributed by atoms with Crippen LogP contribution in [-0.4, -0.2) is 29.3 Å². The monoisotopic (exact) mass is 350 g/mol. The van der Waals surface area contributed by atoms with Gasteiger partial charge in [0.05, 0.1) is 6.61 Å². The SMILES string of the molecule is CCOC(=O)[C@@]1(O)C[C@@H](c2ccc(Cl)cc2)C2=C(O1)C(=O)CCC2. The van der Waals surface area contributed by atoms with E-state index in [1.165, 1.54) is 0 Å². The van der Waals surface area contributed by atoms with Crippen molar-refractivity contribution in [3.63, 3.8) is 0 Å². The molecule has 2 atom stereocenters. The molecule has 0 saturated heterocycles. The number of aliphatic hydroxyl groups is 1. The van der Waals surface area contributed by atoms with Crippen LogP contribution in [0.5, 0.6) is 0 Å². The first-order chi connectivity index (χ1) is 11.4. The molecule has 2 aliphatic rings. The van der Waals surface area contributed by atoms with Crippen molar-refractivity contribution in [2.45, 2.75) is 44.3 Å². The highest BCUT2D eigenvalue weighted by atomic mass is 35.5. The third-order valence-corrected chi connectivity index (χ3v) is 4.69. The van der Waals surface area contributed by atoms with Crippen molar-refractivity contribution in [1.82, 2.24) is 0 Å². The molecule has 1 aliphatic heterocycles. The van der Waals surface area contributed by atoms with Gasteiger partial charge in [0, 0.05) is 23.8 Å². The predicted octanol–water partition coefficient (Wildman–Crippen LogP) is 3.10. The summed E-state index contributed by atoms with van der Waals surface area (Å²) in [5, 5.41) is 11.3. The van der Waals surface area contributed by atoms with Gasteiger partial charge in [-0.05, 0) is 43.0 Å². The van der Waals surface area contributed by atoms with Crippen LogP contribution in [0.2, 0.25) is 5.02 Å². The Hall–Kier alpha value is -1.85. The standard InChI is InChI=1S/C18H19ClO5/c1-2-23-17(21)18(22)10-14(11-6-8-12(19)9-7-11)13-4-3-5-15(20)16(13)24-18/h6-9,14,22H,2-5,10H2,1H3/t14-,18+/m0/s1. The first-order valence-electron chi connectivity index (χ1n) is 8.05. The minimum Gasteiger partial charge on any atom is -0.461 e. The highest BCUT2D eigenvalue weighted by molar-refractivity contribution is 6.30. The Kier molecular flexibility index (Phi) is 4.65. The molecule has 1 heterocycles. The molecule has 1 aromatic rings. The van der Waals surface area contributed by atoms with Crippen molar-refractivity contribution < 1.29 is 24.2 Å². The van der Waals surface area contributed by atoms with Gasteiger partial charge in [0.15, 0.2) is 11.5 Å². The van der Waals surface area contributed by atoms with E-state index in [1.54, 1.807) is 19.1 Å². The van der Waals surface area contributed by atoms with Crippen LogP contribution in [0.25, 0.3) is 0 Å². The Morgan fingerprint density at radius 2 is 2.08 bits per heavy atom. The zero-order chi connectivity index (χ0) is 17.3. The normalized spacial score (nSPS) is 26.6. The lowest BCUT2D eigenvalue weighted by atomic mass is 9.77. The topological polar surface area (TPSA) is 72.8 Å². The molecule has 3 rings (SSSR count). The molecule has 0 radical (unpaired) electrons. The zero-order valence-corrected chi connectivity index (χ0v) is 14.1. The Morgan fingerprint density at radius 3 is 2.75 bits per heavy atom. The van der Waals surface area contributed by atoms with Gasteiger partial charge < -0.3 is 14.6 Å². The van der Waals surface area contributed by atoms with E-state index in [0.717, 1.165) is 17.6 Å². The quantitative estimate of drug-likeness (QED) is 0.848. The summed E-state index contributed by atoms with van der Waals surface area (Å²) in [5.41, 5.74) is 1.72. The van der Waals surface area contributed by atoms with Crippen LogP contribution < -0.4 is 0 Å². The lowest BCUT2D eigenvalue weighted by Crippen LogP contribution is -2.48. The van der Waals surface area contributed by atoms with Gasteiger partial charge >= 0.3 is 11.8 Å². The maximum Gasteiger partial charge on any atom is 0.379 e. The van der Waals surface area contributed by atoms with Crippen LogP contribution in [0.3, 0.4) is 0 Å². The lowest BCUT2D eigenvalue weighted by molar-refractivity contribution is -0.223. The predicted molar refractivity (Wildman–Crippen MR) is 87.4 cm³/mol. The summed E-state index contributed by atoms with van der Waals surface area (Å²) in [4.78, 5) is 24.4. The molecule has 0 bridgehead atoms. The van der Waals surface area contributed by atoms with Crippen LogP contribution in [0.15, 0.2) is 35.6 Å². The third kappa shape index (κ3) is 3.06. The van der Waals surface area contributed by atoms with Crippen molar-refractivity contribution in [3.05, 3.63) is 46.2 Å². The molecule has 1 aromatic carbocycles. The molecule has 24 heavy (non-hydrogen) atoms. The van der Waals surface area contributed by atoms with Crippen molar-refractivity contribution in [1.29, 1.82) is 0 Å². The molecule has 6 heteroatoms. The van der Waals surface area contributed by atoms with Crippen LogP contribution in [0, 0.1) is 0 Å². The molecule has 0 aromatic heterocycles. The van der Waals surface area contributed by atoms with Gasteiger partial charge in [-0.3, -0.25) is 4.79 Å². The summed E-state index contributed by atoms with van der Waals surface area (Å²) in [7, 11) is 0. The Morgan fingerprint density at radius 1 is 1.38 bits per heavy atom. The largest absolute Gasteiger partial charge is 0.461 e. The first kappa shape index (κ1) is 17.0. The molecule has 0 unspecified atom stereocenters. The maximum atomic E-state index is 12.3. The number of ether oxygens (including phenoxy) is 2. The fraction of sp³-hybridized carbons (Fsp3) is 0.444. The van der Waals surface area contributed by atoms with Gasteiger partial charge in [-0.15, -0.1) is 0 Å². The number of hydrogen-bond donors (Lipinski definition) is 1. The van der Waals surface area contributed by atoms with E-state index in [9.17, 15) is 14.7 Å². The molecule has 1 aliphatic carbocycles. The Balaban J connectivity index is 2.04. The number of allylic oxidation sites excluding steroid dienone is 2. The van der Waals surface area contributed by atoms with Crippen molar-refractivity contribution in [2.75, 3.05) is 6.61 Å². The van der Waals surface area contributed by atoms with Crippen LogP contribution in [0.1, 0.15) is 44.1 Å². The highest BCUT2D eigenvalue weighted by Gasteiger charge is 2.50. The Labute approximate surface area is 145 Å². The molecule has 0 spiro atoms. The summed E-state index contributed by atoms with van der Waals surface area (Å²) < 4.78 is 10.4. The smallest absolute Gasteiger partial charge is 0.379 e. The van der Waals surface area contributed by atoms with Gasteiger partial charge in [-0.25, -0.2) is 4.79 Å². The average Bonchev–Trinajstić information content (AvgIpc) is 2.56. The van der Waals surface area contributed by atoms with E-state index < -0.39 is 11.8 Å². The van der Waals surface area contributed by atoms with Gasteiger partial charge in [-0.1, -0.05) is 23.7 Å². The van der Waals surface area contributed by atoms with E-state index in [4.69, 9.17) is 21.1 Å². The minimum absolute atomic E-state index is 0.0135. The zero-order valence-electron chi connectivity index (χ0n) is 13.4. The van der Waals surface area contributed by atoms with Crippen LogP contribution >= 0.6 is 11.6 Å². The van der Waals surface area contributed by atoms with Crippen LogP contribution in [0.4, 0.5) is 0 Å². The maximum absolute atomic E-state index is 12.3. The number of ketones is 1. The number of carbonyl (C=O) groups excluding carboxylic acids is 2. The number of Topliss-reactive ketones (excluding diaryl/α,β-unsaturated/α-hetero) is 1. The van der Waals surface area contributed by atoms with Gasteiger partial charge in [0.2, 0.25) is 0 Å². The molecular weight excluding hydrogens is 332 g/mol. The van der Waals surface area contributed by atoms with Crippen LogP contribution in [-0.2, 0) is 19.1 Å². The minimum atomic E-state index is -2.15. The molecule has 0 fully saturated rings.